The van der Waals surface area contributed by atoms with E-state index in [1.54, 1.807) is 0 Å². The van der Waals surface area contributed by atoms with Crippen molar-refractivity contribution in [3.8, 4) is 39.3 Å². The Morgan fingerprint density at radius 1 is 0.486 bits per heavy atom. The lowest BCUT2D eigenvalue weighted by molar-refractivity contribution is 0.590. The molecule has 0 saturated heterocycles. The number of benzene rings is 9. The van der Waals surface area contributed by atoms with Crippen molar-refractivity contribution in [1.29, 1.82) is 0 Å². The minimum atomic E-state index is -0.237. The van der Waals surface area contributed by atoms with Gasteiger partial charge in [-0.2, -0.15) is 0 Å². The van der Waals surface area contributed by atoms with Gasteiger partial charge >= 0.3 is 6.85 Å². The third kappa shape index (κ3) is 5.43. The van der Waals surface area contributed by atoms with E-state index in [2.05, 4.69) is 227 Å². The van der Waals surface area contributed by atoms with E-state index < -0.39 is 0 Å². The van der Waals surface area contributed by atoms with Gasteiger partial charge in [-0.15, -0.1) is 11.3 Å². The maximum Gasteiger partial charge on any atom is 0.333 e. The van der Waals surface area contributed by atoms with Gasteiger partial charge in [0, 0.05) is 75.5 Å². The Balaban J connectivity index is 1.18. The van der Waals surface area contributed by atoms with Gasteiger partial charge in [-0.05, 0) is 105 Å². The number of thiophene rings is 1. The quantitative estimate of drug-likeness (QED) is 0.166. The van der Waals surface area contributed by atoms with Gasteiger partial charge in [-0.1, -0.05) is 157 Å². The summed E-state index contributed by atoms with van der Waals surface area (Å²) in [6.07, 6.45) is 0. The van der Waals surface area contributed by atoms with Gasteiger partial charge in [0.2, 0.25) is 0 Å². The van der Waals surface area contributed by atoms with Crippen molar-refractivity contribution in [1.82, 2.24) is 4.57 Å². The largest absolute Gasteiger partial charge is 0.455 e. The Bertz CT molecular complexity index is 4370. The van der Waals surface area contributed by atoms with Crippen LogP contribution in [0.25, 0.3) is 114 Å². The highest BCUT2D eigenvalue weighted by molar-refractivity contribution is 7.25. The van der Waals surface area contributed by atoms with Gasteiger partial charge < -0.3 is 18.2 Å². The molecule has 9 aromatic carbocycles. The first-order valence-corrected chi connectivity index (χ1v) is 25.3. The van der Waals surface area contributed by atoms with E-state index in [1.807, 2.05) is 11.3 Å². The monoisotopic (exact) mass is 918 g/mol. The van der Waals surface area contributed by atoms with Gasteiger partial charge in [0.25, 0.3) is 0 Å². The Hall–Kier alpha value is -7.80. The molecule has 6 heterocycles. The zero-order valence-electron chi connectivity index (χ0n) is 39.9. The zero-order chi connectivity index (χ0) is 46.9. The van der Waals surface area contributed by atoms with Crippen LogP contribution in [0.15, 0.2) is 185 Å². The van der Waals surface area contributed by atoms with Crippen LogP contribution in [0, 0.1) is 0 Å². The molecular weight excluding hydrogens is 872 g/mol. The maximum atomic E-state index is 7.30. The minimum absolute atomic E-state index is 0.00359. The van der Waals surface area contributed by atoms with Crippen LogP contribution in [0.2, 0.25) is 0 Å². The van der Waals surface area contributed by atoms with Crippen LogP contribution in [-0.2, 0) is 10.8 Å². The molecule has 0 amide bonds. The van der Waals surface area contributed by atoms with Crippen LogP contribution in [0.5, 0.6) is 0 Å². The predicted octanol–water partition coefficient (Wildman–Crippen LogP) is 17.0. The Labute approximate surface area is 410 Å². The SMILES string of the molecule is CC(C)(C)c1ccc(N2B3c4cc5oc(-c6ccccc6)c(-c6ccccc6)c5cc4-n4c5ccc(C(C)(C)C)cc5c5c6oc7ccccc7c6c(c3c54)-c3cc4c(cc32)sc2ccccc24)cc1. The first-order valence-electron chi connectivity index (χ1n) is 24.5. The molecule has 0 N–H and O–H groups in total. The molecule has 0 spiro atoms. The fraction of sp³-hybridized carbons (Fsp3) is 0.125. The van der Waals surface area contributed by atoms with Gasteiger partial charge in [-0.25, -0.2) is 0 Å². The molecule has 0 fully saturated rings. The molecule has 0 atom stereocenters. The third-order valence-corrected chi connectivity index (χ3v) is 16.6. The molecule has 0 aliphatic carbocycles. The predicted molar refractivity (Wildman–Crippen MR) is 298 cm³/mol. The van der Waals surface area contributed by atoms with E-state index in [1.165, 1.54) is 75.3 Å². The van der Waals surface area contributed by atoms with Crippen molar-refractivity contribution >= 4 is 115 Å². The highest BCUT2D eigenvalue weighted by atomic mass is 32.1. The lowest BCUT2D eigenvalue weighted by Crippen LogP contribution is -2.60. The fourth-order valence-electron chi connectivity index (χ4n) is 12.1. The van der Waals surface area contributed by atoms with Crippen LogP contribution in [0.3, 0.4) is 0 Å². The smallest absolute Gasteiger partial charge is 0.333 e. The van der Waals surface area contributed by atoms with E-state index >= 15 is 0 Å². The van der Waals surface area contributed by atoms with Crippen molar-refractivity contribution in [2.75, 3.05) is 4.81 Å². The number of fused-ring (bicyclic) bond motifs is 17. The van der Waals surface area contributed by atoms with Gasteiger partial charge in [0.05, 0.1) is 16.4 Å². The maximum absolute atomic E-state index is 7.30. The summed E-state index contributed by atoms with van der Waals surface area (Å²) in [5.41, 5.74) is 19.3. The van der Waals surface area contributed by atoms with E-state index in [-0.39, 0.29) is 17.7 Å². The van der Waals surface area contributed by atoms with E-state index in [4.69, 9.17) is 8.83 Å². The summed E-state index contributed by atoms with van der Waals surface area (Å²) in [5, 5.41) is 8.32. The fourth-order valence-corrected chi connectivity index (χ4v) is 13.3. The molecule has 6 heteroatoms. The molecule has 0 saturated carbocycles. The third-order valence-electron chi connectivity index (χ3n) is 15.5. The number of para-hydroxylation sites is 1. The highest BCUT2D eigenvalue weighted by Crippen LogP contribution is 2.54. The lowest BCUT2D eigenvalue weighted by atomic mass is 9.43. The van der Waals surface area contributed by atoms with Gasteiger partial charge in [0.1, 0.15) is 22.5 Å². The van der Waals surface area contributed by atoms with Crippen molar-refractivity contribution in [2.45, 2.75) is 52.4 Å². The van der Waals surface area contributed by atoms with Crippen LogP contribution in [0.1, 0.15) is 52.7 Å². The summed E-state index contributed by atoms with van der Waals surface area (Å²) in [7, 11) is 0. The minimum Gasteiger partial charge on any atom is -0.455 e. The molecule has 0 radical (unpaired) electrons. The summed E-state index contributed by atoms with van der Waals surface area (Å²) in [5.74, 6) is 0.874. The summed E-state index contributed by atoms with van der Waals surface area (Å²) in [6, 6.07) is 65.3. The second kappa shape index (κ2) is 13.9. The van der Waals surface area contributed by atoms with Gasteiger partial charge in [0.15, 0.2) is 0 Å². The number of furan rings is 2. The number of hydrogen-bond acceptors (Lipinski definition) is 4. The number of nitrogens with zero attached hydrogens (tertiary/aromatic N) is 2. The molecular formula is C64H47BN2O2S. The van der Waals surface area contributed by atoms with Crippen molar-refractivity contribution in [3.05, 3.63) is 187 Å². The summed E-state index contributed by atoms with van der Waals surface area (Å²) >= 11 is 1.88. The second-order valence-corrected chi connectivity index (χ2v) is 22.7. The number of hydrogen-bond donors (Lipinski definition) is 0. The van der Waals surface area contributed by atoms with Crippen LogP contribution in [-0.4, -0.2) is 11.4 Å². The van der Waals surface area contributed by atoms with E-state index in [9.17, 15) is 0 Å². The molecule has 0 bridgehead atoms. The molecule has 70 heavy (non-hydrogen) atoms. The standard InChI is InChI=1S/C64H47BN2O2S/c1-63(2,3)38-25-28-40(29-26-38)67-49-35-54-43(41-21-14-16-24-53(41)70-54)32-45(49)56-57-42-22-13-15-23-51(42)68-62(57)58-44-31-39(64(4,5)6)27-30-48(44)66-50-33-46-52(34-47(50)65(67)59(56)60(58)66)69-61(37-19-11-8-12-20-37)55(46)36-17-9-7-10-18-36/h7-35H,1-6H3. The van der Waals surface area contributed by atoms with E-state index in [0.29, 0.717) is 0 Å². The first kappa shape index (κ1) is 40.1. The Morgan fingerprint density at radius 3 is 1.93 bits per heavy atom. The first-order chi connectivity index (χ1) is 34.0. The Morgan fingerprint density at radius 2 is 1.17 bits per heavy atom. The van der Waals surface area contributed by atoms with Crippen molar-refractivity contribution in [2.24, 2.45) is 0 Å². The molecule has 0 unspecified atom stereocenters. The molecule has 334 valence electrons. The Kier molecular flexibility index (Phi) is 7.98. The zero-order valence-corrected chi connectivity index (χ0v) is 40.8. The second-order valence-electron chi connectivity index (χ2n) is 21.6. The summed E-state index contributed by atoms with van der Waals surface area (Å²) in [6.45, 7) is 13.6. The lowest BCUT2D eigenvalue weighted by Gasteiger charge is -2.42. The van der Waals surface area contributed by atoms with Crippen LogP contribution < -0.4 is 15.7 Å². The van der Waals surface area contributed by atoms with Crippen molar-refractivity contribution < 1.29 is 8.83 Å². The molecule has 13 aromatic rings. The van der Waals surface area contributed by atoms with Crippen molar-refractivity contribution in [3.63, 3.8) is 0 Å². The summed E-state index contributed by atoms with van der Waals surface area (Å²) < 4.78 is 19.7. The van der Waals surface area contributed by atoms with Gasteiger partial charge in [-0.3, -0.25) is 0 Å². The average molecular weight is 919 g/mol. The molecule has 4 nitrogen and oxygen atoms in total. The molecule has 15 rings (SSSR count). The number of aromatic nitrogens is 1. The van der Waals surface area contributed by atoms with E-state index in [0.717, 1.165) is 72.2 Å². The summed E-state index contributed by atoms with van der Waals surface area (Å²) in [4.78, 5) is 2.66. The molecule has 2 aliphatic rings. The van der Waals surface area contributed by atoms with Crippen LogP contribution in [0.4, 0.5) is 11.4 Å². The molecule has 2 aliphatic heterocycles. The van der Waals surface area contributed by atoms with Crippen LogP contribution >= 0.6 is 11.3 Å². The normalized spacial score (nSPS) is 13.5. The number of anilines is 2. The average Bonchev–Trinajstić information content (AvgIpc) is 4.14. The topological polar surface area (TPSA) is 34.5 Å². The number of rotatable bonds is 3. The highest BCUT2D eigenvalue weighted by Gasteiger charge is 2.47. The molecule has 4 aromatic heterocycles.